The number of hydrogen-bond acceptors (Lipinski definition) is 4. The fourth-order valence-corrected chi connectivity index (χ4v) is 3.06. The summed E-state index contributed by atoms with van der Waals surface area (Å²) in [6.07, 6.45) is -0.460. The van der Waals surface area contributed by atoms with Crippen molar-refractivity contribution in [1.82, 2.24) is 15.1 Å². The van der Waals surface area contributed by atoms with Crippen molar-refractivity contribution in [2.24, 2.45) is 5.92 Å². The Morgan fingerprint density at radius 2 is 2.09 bits per heavy atom. The van der Waals surface area contributed by atoms with Gasteiger partial charge in [-0.15, -0.1) is 10.2 Å². The average molecular weight is 319 g/mol. The largest absolute Gasteiger partial charge is 0.415 e. The van der Waals surface area contributed by atoms with Crippen LogP contribution in [0.3, 0.4) is 0 Å². The van der Waals surface area contributed by atoms with Crippen LogP contribution in [0.4, 0.5) is 8.78 Å². The number of fused-ring (bicyclic) bond motifs is 1. The molecule has 23 heavy (non-hydrogen) atoms. The molecule has 1 aromatic heterocycles. The summed E-state index contributed by atoms with van der Waals surface area (Å²) in [5, 5.41) is 6.95. The quantitative estimate of drug-likeness (QED) is 0.866. The van der Waals surface area contributed by atoms with Crippen LogP contribution in [0, 0.1) is 5.92 Å². The zero-order valence-corrected chi connectivity index (χ0v) is 12.5. The molecule has 1 aliphatic carbocycles. The Kier molecular flexibility index (Phi) is 3.18. The lowest BCUT2D eigenvalue weighted by Gasteiger charge is -2.23. The van der Waals surface area contributed by atoms with Gasteiger partial charge in [0.1, 0.15) is 0 Å². The van der Waals surface area contributed by atoms with Crippen LogP contribution in [0.5, 0.6) is 0 Å². The number of halogens is 2. The van der Waals surface area contributed by atoms with E-state index in [1.165, 1.54) is 12.8 Å². The van der Waals surface area contributed by atoms with Crippen LogP contribution >= 0.6 is 0 Å². The van der Waals surface area contributed by atoms with E-state index in [0.29, 0.717) is 23.6 Å². The Hall–Kier alpha value is -2.31. The fourth-order valence-electron chi connectivity index (χ4n) is 3.06. The van der Waals surface area contributed by atoms with Gasteiger partial charge in [-0.3, -0.25) is 4.79 Å². The number of benzene rings is 1. The topological polar surface area (TPSA) is 59.2 Å². The van der Waals surface area contributed by atoms with E-state index in [-0.39, 0.29) is 17.8 Å². The number of amides is 1. The van der Waals surface area contributed by atoms with Crippen LogP contribution in [0.25, 0.3) is 11.5 Å². The minimum atomic E-state index is -2.80. The molecule has 1 fully saturated rings. The lowest BCUT2D eigenvalue weighted by atomic mass is 10.1. The van der Waals surface area contributed by atoms with Gasteiger partial charge in [-0.25, -0.2) is 0 Å². The maximum Gasteiger partial charge on any atom is 0.314 e. The maximum atomic E-state index is 12.6. The molecular weight excluding hydrogens is 304 g/mol. The van der Waals surface area contributed by atoms with Crippen molar-refractivity contribution in [1.29, 1.82) is 0 Å². The molecule has 2 aromatic rings. The first kappa shape index (κ1) is 14.3. The summed E-state index contributed by atoms with van der Waals surface area (Å²) in [4.78, 5) is 14.5. The first-order valence-electron chi connectivity index (χ1n) is 7.60. The van der Waals surface area contributed by atoms with Crippen LogP contribution in [0.15, 0.2) is 22.6 Å². The molecule has 2 heterocycles. The minimum Gasteiger partial charge on any atom is -0.415 e. The Morgan fingerprint density at radius 1 is 1.30 bits per heavy atom. The summed E-state index contributed by atoms with van der Waals surface area (Å²) in [7, 11) is 0. The van der Waals surface area contributed by atoms with Crippen molar-refractivity contribution in [2.45, 2.75) is 38.8 Å². The summed E-state index contributed by atoms with van der Waals surface area (Å²) in [5.74, 6) is -0.132. The molecule has 4 rings (SSSR count). The molecule has 0 unspecified atom stereocenters. The van der Waals surface area contributed by atoms with E-state index in [9.17, 15) is 13.6 Å². The van der Waals surface area contributed by atoms with Gasteiger partial charge < -0.3 is 9.32 Å². The van der Waals surface area contributed by atoms with Gasteiger partial charge in [0, 0.05) is 23.7 Å². The Balaban J connectivity index is 1.63. The van der Waals surface area contributed by atoms with Crippen LogP contribution in [0.2, 0.25) is 0 Å². The molecule has 2 aliphatic rings. The van der Waals surface area contributed by atoms with Crippen LogP contribution in [0.1, 0.15) is 48.0 Å². The zero-order chi connectivity index (χ0) is 16.1. The molecule has 120 valence electrons. The molecule has 7 heteroatoms. The third-order valence-corrected chi connectivity index (χ3v) is 4.61. The molecular formula is C16H15F2N3O2. The lowest BCUT2D eigenvalue weighted by molar-refractivity contribution is 0.0697. The zero-order valence-electron chi connectivity index (χ0n) is 12.5. The van der Waals surface area contributed by atoms with Gasteiger partial charge in [0.05, 0.1) is 0 Å². The van der Waals surface area contributed by atoms with Gasteiger partial charge in [0.2, 0.25) is 5.89 Å². The monoisotopic (exact) mass is 319 g/mol. The maximum absolute atomic E-state index is 12.6. The molecule has 0 N–H and O–H groups in total. The second-order valence-corrected chi connectivity index (χ2v) is 6.13. The first-order valence-corrected chi connectivity index (χ1v) is 7.60. The molecule has 5 nitrogen and oxygen atoms in total. The van der Waals surface area contributed by atoms with Gasteiger partial charge in [0.15, 0.2) is 0 Å². The number of rotatable bonds is 4. The SMILES string of the molecule is C[C@@H](C1CC1)N1Cc2ccc(-c3nnc(C(F)F)o3)cc2C1=O. The van der Waals surface area contributed by atoms with E-state index in [4.69, 9.17) is 4.42 Å². The smallest absolute Gasteiger partial charge is 0.314 e. The van der Waals surface area contributed by atoms with Crippen molar-refractivity contribution >= 4 is 5.91 Å². The third kappa shape index (κ3) is 2.40. The number of hydrogen-bond donors (Lipinski definition) is 0. The molecule has 1 saturated carbocycles. The molecule has 1 aromatic carbocycles. The Morgan fingerprint density at radius 3 is 2.74 bits per heavy atom. The normalized spacial score (nSPS) is 18.6. The lowest BCUT2D eigenvalue weighted by Crippen LogP contribution is -2.34. The van der Waals surface area contributed by atoms with E-state index in [1.807, 2.05) is 11.0 Å². The molecule has 0 bridgehead atoms. The second kappa shape index (κ2) is 5.11. The first-order chi connectivity index (χ1) is 11.0. The van der Waals surface area contributed by atoms with Crippen LogP contribution in [-0.4, -0.2) is 27.0 Å². The van der Waals surface area contributed by atoms with Gasteiger partial charge in [-0.2, -0.15) is 8.78 Å². The highest BCUT2D eigenvalue weighted by Gasteiger charge is 2.38. The number of nitrogens with zero attached hydrogens (tertiary/aromatic N) is 3. The third-order valence-electron chi connectivity index (χ3n) is 4.61. The number of carbonyl (C=O) groups is 1. The van der Waals surface area contributed by atoms with E-state index < -0.39 is 12.3 Å². The van der Waals surface area contributed by atoms with Gasteiger partial charge in [0.25, 0.3) is 11.8 Å². The molecule has 0 spiro atoms. The van der Waals surface area contributed by atoms with E-state index in [1.54, 1.807) is 12.1 Å². The fraction of sp³-hybridized carbons (Fsp3) is 0.438. The predicted octanol–water partition coefficient (Wildman–Crippen LogP) is 3.43. The van der Waals surface area contributed by atoms with Crippen molar-refractivity contribution in [3.8, 4) is 11.5 Å². The Labute approximate surface area is 131 Å². The summed E-state index contributed by atoms with van der Waals surface area (Å²) in [6.45, 7) is 2.67. The van der Waals surface area contributed by atoms with Crippen molar-refractivity contribution in [3.63, 3.8) is 0 Å². The van der Waals surface area contributed by atoms with Crippen LogP contribution in [-0.2, 0) is 6.54 Å². The summed E-state index contributed by atoms with van der Waals surface area (Å²) in [5.41, 5.74) is 2.02. The van der Waals surface area contributed by atoms with Crippen LogP contribution < -0.4 is 0 Å². The summed E-state index contributed by atoms with van der Waals surface area (Å²) < 4.78 is 30.0. The molecule has 1 atom stereocenters. The Bertz CT molecular complexity index is 770. The molecule has 0 radical (unpaired) electrons. The van der Waals surface area contributed by atoms with Gasteiger partial charge >= 0.3 is 6.43 Å². The second-order valence-electron chi connectivity index (χ2n) is 6.13. The van der Waals surface area contributed by atoms with Crippen molar-refractivity contribution < 1.29 is 18.0 Å². The van der Waals surface area contributed by atoms with Gasteiger partial charge in [-0.1, -0.05) is 6.07 Å². The standard InChI is InChI=1S/C16H15F2N3O2/c1-8(9-2-3-9)21-7-11-5-4-10(6-12(11)16(21)22)14-19-20-15(23-14)13(17)18/h4-6,8-9,13H,2-3,7H2,1H3/t8-/m0/s1. The number of carbonyl (C=O) groups excluding carboxylic acids is 1. The highest BCUT2D eigenvalue weighted by Crippen LogP contribution is 2.38. The van der Waals surface area contributed by atoms with E-state index >= 15 is 0 Å². The summed E-state index contributed by atoms with van der Waals surface area (Å²) in [6, 6.07) is 5.43. The molecule has 1 aliphatic heterocycles. The number of aromatic nitrogens is 2. The highest BCUT2D eigenvalue weighted by molar-refractivity contribution is 5.99. The van der Waals surface area contributed by atoms with Crippen molar-refractivity contribution in [2.75, 3.05) is 0 Å². The predicted molar refractivity (Wildman–Crippen MR) is 76.8 cm³/mol. The van der Waals surface area contributed by atoms with Gasteiger partial charge in [-0.05, 0) is 43.4 Å². The number of alkyl halides is 2. The highest BCUT2D eigenvalue weighted by atomic mass is 19.3. The average Bonchev–Trinajstić information content (AvgIpc) is 3.17. The molecule has 0 saturated heterocycles. The van der Waals surface area contributed by atoms with Crippen molar-refractivity contribution in [3.05, 3.63) is 35.2 Å². The van der Waals surface area contributed by atoms with E-state index in [0.717, 1.165) is 5.56 Å². The summed E-state index contributed by atoms with van der Waals surface area (Å²) >= 11 is 0. The molecule has 1 amide bonds. The van der Waals surface area contributed by atoms with E-state index in [2.05, 4.69) is 17.1 Å². The minimum absolute atomic E-state index is 0.00425.